The molecular formula is C9H10FN2O9P-2. The first-order valence-corrected chi connectivity index (χ1v) is 7.25. The summed E-state index contributed by atoms with van der Waals surface area (Å²) in [6.07, 6.45) is -6.08. The van der Waals surface area contributed by atoms with Crippen LogP contribution in [0, 0.1) is 5.82 Å². The van der Waals surface area contributed by atoms with Crippen LogP contribution in [-0.2, 0) is 13.8 Å². The number of aliphatic hydroxyl groups excluding tert-OH is 2. The van der Waals surface area contributed by atoms with E-state index < -0.39 is 56.0 Å². The molecule has 1 aliphatic rings. The second-order valence-electron chi connectivity index (χ2n) is 4.43. The fraction of sp³-hybridized carbons (Fsp3) is 0.556. The number of nitrogens with zero attached hydrogens (tertiary/aromatic N) is 1. The van der Waals surface area contributed by atoms with Crippen LogP contribution in [0.1, 0.15) is 6.23 Å². The van der Waals surface area contributed by atoms with E-state index in [0.29, 0.717) is 10.8 Å². The van der Waals surface area contributed by atoms with Crippen molar-refractivity contribution >= 4 is 7.82 Å². The molecule has 2 heterocycles. The summed E-state index contributed by atoms with van der Waals surface area (Å²) in [5.74, 6) is -1.34. The van der Waals surface area contributed by atoms with Crippen LogP contribution in [0.3, 0.4) is 0 Å². The van der Waals surface area contributed by atoms with Gasteiger partial charge in [-0.15, -0.1) is 0 Å². The van der Waals surface area contributed by atoms with Crippen LogP contribution in [-0.4, -0.2) is 44.7 Å². The lowest BCUT2D eigenvalue weighted by molar-refractivity contribution is -0.343. The summed E-state index contributed by atoms with van der Waals surface area (Å²) in [5.41, 5.74) is -2.41. The van der Waals surface area contributed by atoms with Gasteiger partial charge in [-0.3, -0.25) is 14.3 Å². The Morgan fingerprint density at radius 2 is 2.05 bits per heavy atom. The maximum absolute atomic E-state index is 13.2. The van der Waals surface area contributed by atoms with Crippen LogP contribution in [0.15, 0.2) is 15.8 Å². The second kappa shape index (κ2) is 6.01. The molecule has 0 spiro atoms. The Hall–Kier alpha value is -1.40. The van der Waals surface area contributed by atoms with E-state index in [1.54, 1.807) is 4.98 Å². The van der Waals surface area contributed by atoms with Crippen LogP contribution in [0.25, 0.3) is 0 Å². The minimum absolute atomic E-state index is 0.455. The van der Waals surface area contributed by atoms with Crippen molar-refractivity contribution in [1.82, 2.24) is 9.55 Å². The minimum atomic E-state index is -5.33. The number of nitrogens with one attached hydrogen (secondary N) is 1. The quantitative estimate of drug-likeness (QED) is 0.463. The van der Waals surface area contributed by atoms with Gasteiger partial charge in [0.1, 0.15) is 18.3 Å². The molecule has 0 bridgehead atoms. The summed E-state index contributed by atoms with van der Waals surface area (Å²) in [6.45, 7) is -0.903. The van der Waals surface area contributed by atoms with E-state index in [0.717, 1.165) is 0 Å². The molecule has 1 aliphatic heterocycles. The summed E-state index contributed by atoms with van der Waals surface area (Å²) >= 11 is 0. The smallest absolute Gasteiger partial charge is 0.330 e. The molecule has 0 saturated carbocycles. The molecule has 22 heavy (non-hydrogen) atoms. The first-order chi connectivity index (χ1) is 10.1. The van der Waals surface area contributed by atoms with Crippen molar-refractivity contribution < 1.29 is 38.2 Å². The van der Waals surface area contributed by atoms with Gasteiger partial charge >= 0.3 is 5.69 Å². The molecule has 11 nitrogen and oxygen atoms in total. The summed E-state index contributed by atoms with van der Waals surface area (Å²) in [6, 6.07) is 0. The lowest BCUT2D eigenvalue weighted by Gasteiger charge is -2.30. The Morgan fingerprint density at radius 1 is 1.41 bits per heavy atom. The predicted molar refractivity (Wildman–Crippen MR) is 60.8 cm³/mol. The third-order valence-corrected chi connectivity index (χ3v) is 3.40. The molecule has 2 rings (SSSR count). The standard InChI is InChI=1S/C9H12FN2O9P/c10-3-1-12(9(16)11-7(3)15)8-6(14)5(13)4(21-8)2-20-22(17,18)19/h1,4-6,8,13-14H,2H2,(H,11,15,16)(H2,17,18,19)/p-2/t4-,5-,6-,8-/m1/s1. The number of rotatable bonds is 4. The number of aromatic nitrogens is 2. The number of aliphatic hydroxyl groups is 2. The molecule has 124 valence electrons. The van der Waals surface area contributed by atoms with Crippen molar-refractivity contribution in [3.63, 3.8) is 0 Å². The van der Waals surface area contributed by atoms with E-state index in [1.165, 1.54) is 0 Å². The number of phosphoric acid groups is 1. The van der Waals surface area contributed by atoms with E-state index in [-0.39, 0.29) is 0 Å². The van der Waals surface area contributed by atoms with E-state index in [2.05, 4.69) is 4.52 Å². The highest BCUT2D eigenvalue weighted by atomic mass is 31.2. The van der Waals surface area contributed by atoms with E-state index in [4.69, 9.17) is 4.74 Å². The molecule has 4 atom stereocenters. The first-order valence-electron chi connectivity index (χ1n) is 5.79. The van der Waals surface area contributed by atoms with Gasteiger partial charge < -0.3 is 33.8 Å². The third-order valence-electron chi connectivity index (χ3n) is 2.93. The van der Waals surface area contributed by atoms with Crippen molar-refractivity contribution in [2.45, 2.75) is 24.5 Å². The molecule has 0 unspecified atom stereocenters. The van der Waals surface area contributed by atoms with E-state index in [9.17, 15) is 38.5 Å². The molecule has 0 radical (unpaired) electrons. The molecule has 0 aromatic carbocycles. The molecular weight excluding hydrogens is 330 g/mol. The van der Waals surface area contributed by atoms with Crippen LogP contribution < -0.4 is 21.0 Å². The Bertz CT molecular complexity index is 712. The van der Waals surface area contributed by atoms with Crippen LogP contribution in [0.5, 0.6) is 0 Å². The lowest BCUT2D eigenvalue weighted by atomic mass is 10.1. The fourth-order valence-corrected chi connectivity index (χ4v) is 2.24. The highest BCUT2D eigenvalue weighted by molar-refractivity contribution is 7.43. The summed E-state index contributed by atoms with van der Waals surface area (Å²) in [5, 5.41) is 19.4. The largest absolute Gasteiger partial charge is 0.790 e. The topological polar surface area (TPSA) is 177 Å². The zero-order valence-corrected chi connectivity index (χ0v) is 11.5. The van der Waals surface area contributed by atoms with Crippen molar-refractivity contribution in [1.29, 1.82) is 0 Å². The number of ether oxygens (including phenoxy) is 1. The molecule has 1 aromatic rings. The highest BCUT2D eigenvalue weighted by Gasteiger charge is 2.44. The van der Waals surface area contributed by atoms with Crippen molar-refractivity contribution in [2.75, 3.05) is 6.61 Å². The van der Waals surface area contributed by atoms with Gasteiger partial charge in [-0.1, -0.05) is 0 Å². The van der Waals surface area contributed by atoms with E-state index >= 15 is 0 Å². The number of hydrogen-bond donors (Lipinski definition) is 3. The van der Waals surface area contributed by atoms with Gasteiger partial charge in [0.25, 0.3) is 5.56 Å². The Labute approximate surface area is 120 Å². The average Bonchev–Trinajstić information content (AvgIpc) is 2.68. The number of phosphoric ester groups is 1. The van der Waals surface area contributed by atoms with Gasteiger partial charge in [0.2, 0.25) is 5.82 Å². The molecule has 1 fully saturated rings. The fourth-order valence-electron chi connectivity index (χ4n) is 1.91. The monoisotopic (exact) mass is 340 g/mol. The lowest BCUT2D eigenvalue weighted by Crippen LogP contribution is -2.38. The zero-order valence-electron chi connectivity index (χ0n) is 10.6. The minimum Gasteiger partial charge on any atom is -0.790 e. The van der Waals surface area contributed by atoms with Crippen molar-refractivity contribution in [3.05, 3.63) is 32.9 Å². The average molecular weight is 340 g/mol. The summed E-state index contributed by atoms with van der Waals surface area (Å²) in [4.78, 5) is 44.8. The predicted octanol–water partition coefficient (Wildman–Crippen LogP) is -3.86. The normalized spacial score (nSPS) is 29.0. The Balaban J connectivity index is 2.23. The SMILES string of the molecule is O=c1[nH]c(=O)n([C@@H]2O[C@H](COP(=O)([O-])[O-])[C@@H](O)[C@H]2O)cc1F. The van der Waals surface area contributed by atoms with Crippen LogP contribution in [0.4, 0.5) is 4.39 Å². The van der Waals surface area contributed by atoms with Crippen LogP contribution >= 0.6 is 7.82 Å². The van der Waals surface area contributed by atoms with Gasteiger partial charge in [-0.2, -0.15) is 4.39 Å². The third kappa shape index (κ3) is 3.50. The van der Waals surface area contributed by atoms with Crippen LogP contribution in [0.2, 0.25) is 0 Å². The van der Waals surface area contributed by atoms with Gasteiger partial charge in [0.15, 0.2) is 6.23 Å². The summed E-state index contributed by atoms with van der Waals surface area (Å²) in [7, 11) is -5.33. The first kappa shape index (κ1) is 17.0. The number of halogens is 1. The maximum Gasteiger partial charge on any atom is 0.330 e. The number of aromatic amines is 1. The highest BCUT2D eigenvalue weighted by Crippen LogP contribution is 2.32. The Kier molecular flexibility index (Phi) is 4.63. The Morgan fingerprint density at radius 3 is 2.64 bits per heavy atom. The molecule has 1 saturated heterocycles. The molecule has 1 aromatic heterocycles. The van der Waals surface area contributed by atoms with E-state index in [1.807, 2.05) is 0 Å². The van der Waals surface area contributed by atoms with Crippen molar-refractivity contribution in [3.8, 4) is 0 Å². The molecule has 0 amide bonds. The van der Waals surface area contributed by atoms with Crippen molar-refractivity contribution in [2.24, 2.45) is 0 Å². The van der Waals surface area contributed by atoms with Gasteiger partial charge in [-0.05, 0) is 0 Å². The maximum atomic E-state index is 13.2. The summed E-state index contributed by atoms with van der Waals surface area (Å²) < 4.78 is 32.9. The van der Waals surface area contributed by atoms with Gasteiger partial charge in [-0.25, -0.2) is 4.79 Å². The number of H-pyrrole nitrogens is 1. The number of hydrogen-bond acceptors (Lipinski definition) is 9. The second-order valence-corrected chi connectivity index (χ2v) is 5.59. The molecule has 3 N–H and O–H groups in total. The zero-order chi connectivity index (χ0) is 16.7. The van der Waals surface area contributed by atoms with Gasteiger partial charge in [0.05, 0.1) is 20.6 Å². The van der Waals surface area contributed by atoms with Gasteiger partial charge in [0, 0.05) is 0 Å². The molecule has 13 heteroatoms. The molecule has 0 aliphatic carbocycles.